The first kappa shape index (κ1) is 20.1. The minimum atomic E-state index is -1.34. The lowest BCUT2D eigenvalue weighted by Gasteiger charge is -2.45. The van der Waals surface area contributed by atoms with Crippen LogP contribution in [0.25, 0.3) is 0 Å². The Bertz CT molecular complexity index is 274. The predicted molar refractivity (Wildman–Crippen MR) is 101 cm³/mol. The van der Waals surface area contributed by atoms with Crippen LogP contribution >= 0.6 is 0 Å². The van der Waals surface area contributed by atoms with Gasteiger partial charge in [0.25, 0.3) is 0 Å². The van der Waals surface area contributed by atoms with Gasteiger partial charge in [-0.2, -0.15) is 0 Å². The van der Waals surface area contributed by atoms with Crippen molar-refractivity contribution in [2.45, 2.75) is 90.3 Å². The lowest BCUT2D eigenvalue weighted by atomic mass is 10.5. The highest BCUT2D eigenvalue weighted by molar-refractivity contribution is 6.85. The van der Waals surface area contributed by atoms with Crippen molar-refractivity contribution in [2.24, 2.45) is 0 Å². The van der Waals surface area contributed by atoms with E-state index in [9.17, 15) is 0 Å². The largest absolute Gasteiger partial charge is 0.319 e. The summed E-state index contributed by atoms with van der Waals surface area (Å²) in [7, 11) is -2.66. The van der Waals surface area contributed by atoms with Gasteiger partial charge in [-0.15, -0.1) is 12.3 Å². The number of nitrogens with one attached hydrogen (secondary N) is 1. The smallest absolute Gasteiger partial charge is 0.0889 e. The summed E-state index contributed by atoms with van der Waals surface area (Å²) in [5, 5.41) is 4.00. The molecule has 0 fully saturated rings. The monoisotopic (exact) mass is 313 g/mol. The van der Waals surface area contributed by atoms with E-state index in [4.69, 9.17) is 0 Å². The fourth-order valence-electron chi connectivity index (χ4n) is 3.99. The molecule has 0 bridgehead atoms. The fourth-order valence-corrected chi connectivity index (χ4v) is 12.0. The molecule has 1 N–H and O–H groups in total. The highest BCUT2D eigenvalue weighted by atomic mass is 28.3. The van der Waals surface area contributed by atoms with Crippen LogP contribution in [0.1, 0.15) is 54.9 Å². The van der Waals surface area contributed by atoms with Crippen molar-refractivity contribution < 1.29 is 0 Å². The Morgan fingerprint density at radius 1 is 0.950 bits per heavy atom. The minimum absolute atomic E-state index is 0.670. The number of hydrogen-bond acceptors (Lipinski definition) is 1. The Labute approximate surface area is 130 Å². The summed E-state index contributed by atoms with van der Waals surface area (Å²) in [6, 6.07) is 0. The third-order valence-electron chi connectivity index (χ3n) is 5.71. The van der Waals surface area contributed by atoms with Gasteiger partial charge < -0.3 is 5.32 Å². The van der Waals surface area contributed by atoms with E-state index in [1.165, 1.54) is 12.6 Å². The van der Waals surface area contributed by atoms with Crippen LogP contribution in [-0.4, -0.2) is 28.0 Å². The molecule has 0 rings (SSSR count). The molecule has 0 aliphatic carbocycles. The topological polar surface area (TPSA) is 12.0 Å². The van der Waals surface area contributed by atoms with Gasteiger partial charge in [-0.1, -0.05) is 61.6 Å². The van der Waals surface area contributed by atoms with Gasteiger partial charge in [0.05, 0.1) is 16.1 Å². The molecule has 3 heteroatoms. The second-order valence-corrected chi connectivity index (χ2v) is 18.7. The van der Waals surface area contributed by atoms with Crippen molar-refractivity contribution in [2.75, 3.05) is 6.17 Å². The maximum absolute atomic E-state index is 4.08. The summed E-state index contributed by atoms with van der Waals surface area (Å²) in [5.41, 5.74) is 5.42. The molecule has 0 aromatic heterocycles. The second kappa shape index (κ2) is 7.95. The first-order chi connectivity index (χ1) is 9.06. The molecule has 120 valence electrons. The van der Waals surface area contributed by atoms with Crippen molar-refractivity contribution in [1.29, 1.82) is 0 Å². The van der Waals surface area contributed by atoms with Crippen molar-refractivity contribution >= 4 is 16.1 Å². The third-order valence-corrected chi connectivity index (χ3v) is 16.4. The van der Waals surface area contributed by atoms with Gasteiger partial charge >= 0.3 is 0 Å². The highest BCUT2D eigenvalue weighted by Crippen LogP contribution is 2.41. The third kappa shape index (κ3) is 4.31. The van der Waals surface area contributed by atoms with Crippen LogP contribution in [-0.2, 0) is 0 Å². The van der Waals surface area contributed by atoms with E-state index in [-0.39, 0.29) is 0 Å². The summed E-state index contributed by atoms with van der Waals surface area (Å²) in [4.78, 5) is 0. The van der Waals surface area contributed by atoms with Gasteiger partial charge in [-0.05, 0) is 29.2 Å². The van der Waals surface area contributed by atoms with Gasteiger partial charge in [0, 0.05) is 5.67 Å². The van der Waals surface area contributed by atoms with E-state index < -0.39 is 16.1 Å². The summed E-state index contributed by atoms with van der Waals surface area (Å²) in [6.45, 7) is 26.0. The molecule has 20 heavy (non-hydrogen) atoms. The zero-order valence-electron chi connectivity index (χ0n) is 15.5. The Morgan fingerprint density at radius 2 is 1.35 bits per heavy atom. The minimum Gasteiger partial charge on any atom is -0.319 e. The quantitative estimate of drug-likeness (QED) is 0.551. The first-order valence-electron chi connectivity index (χ1n) is 8.43. The second-order valence-electron chi connectivity index (χ2n) is 7.94. The van der Waals surface area contributed by atoms with E-state index in [0.717, 1.165) is 16.6 Å². The standard InChI is InChI=1S/C17H39NSi2/c1-11-17(19(9,10)12-2)18-13-20(14(3)4,15(5)6)16(7)8/h12,14-18H,2,11,13H2,1,3-10H3. The molecule has 0 heterocycles. The van der Waals surface area contributed by atoms with Gasteiger partial charge in [0.2, 0.25) is 0 Å². The Balaban J connectivity index is 5.16. The van der Waals surface area contributed by atoms with Crippen LogP contribution in [0.2, 0.25) is 29.7 Å². The van der Waals surface area contributed by atoms with Crippen molar-refractivity contribution in [1.82, 2.24) is 5.32 Å². The highest BCUT2D eigenvalue weighted by Gasteiger charge is 2.43. The molecule has 1 unspecified atom stereocenters. The number of rotatable bonds is 9. The van der Waals surface area contributed by atoms with Crippen molar-refractivity contribution in [3.63, 3.8) is 0 Å². The molecule has 0 amide bonds. The molecule has 0 aliphatic heterocycles. The van der Waals surface area contributed by atoms with Gasteiger partial charge in [0.1, 0.15) is 0 Å². The van der Waals surface area contributed by atoms with Crippen molar-refractivity contribution in [3.05, 3.63) is 12.3 Å². The Morgan fingerprint density at radius 3 is 1.60 bits per heavy atom. The van der Waals surface area contributed by atoms with Crippen LogP contribution in [0, 0.1) is 0 Å². The summed E-state index contributed by atoms with van der Waals surface area (Å²) in [5.74, 6) is 0. The predicted octanol–water partition coefficient (Wildman–Crippen LogP) is 5.55. The lowest BCUT2D eigenvalue weighted by Crippen LogP contribution is -2.59. The summed E-state index contributed by atoms with van der Waals surface area (Å²) >= 11 is 0. The lowest BCUT2D eigenvalue weighted by molar-refractivity contribution is 0.637. The van der Waals surface area contributed by atoms with Crippen molar-refractivity contribution in [3.8, 4) is 0 Å². The van der Waals surface area contributed by atoms with E-state index in [1.807, 2.05) is 0 Å². The van der Waals surface area contributed by atoms with Gasteiger partial charge in [0.15, 0.2) is 0 Å². The average molecular weight is 314 g/mol. The van der Waals surface area contributed by atoms with Crippen LogP contribution in [0.3, 0.4) is 0 Å². The SMILES string of the molecule is C=C[Si](C)(C)C(CC)NC[Si](C(C)C)(C(C)C)C(C)C. The maximum Gasteiger partial charge on any atom is 0.0889 e. The Hall–Kier alpha value is 0.134. The molecule has 1 atom stereocenters. The molecule has 0 saturated heterocycles. The summed E-state index contributed by atoms with van der Waals surface area (Å²) in [6.07, 6.45) is 2.49. The zero-order chi connectivity index (χ0) is 16.1. The molecule has 0 spiro atoms. The van der Waals surface area contributed by atoms with E-state index in [2.05, 4.69) is 79.2 Å². The van der Waals surface area contributed by atoms with E-state index in [0.29, 0.717) is 5.67 Å². The molecular weight excluding hydrogens is 274 g/mol. The summed E-state index contributed by atoms with van der Waals surface area (Å²) < 4.78 is 0. The maximum atomic E-state index is 4.08. The fraction of sp³-hybridized carbons (Fsp3) is 0.882. The molecule has 0 aromatic rings. The number of hydrogen-bond donors (Lipinski definition) is 1. The van der Waals surface area contributed by atoms with E-state index in [1.54, 1.807) is 0 Å². The molecule has 0 saturated carbocycles. The molecule has 1 nitrogen and oxygen atoms in total. The van der Waals surface area contributed by atoms with Crippen LogP contribution in [0.15, 0.2) is 12.3 Å². The van der Waals surface area contributed by atoms with Crippen LogP contribution in [0.4, 0.5) is 0 Å². The first-order valence-corrected chi connectivity index (χ1v) is 14.0. The average Bonchev–Trinajstić information content (AvgIpc) is 2.32. The van der Waals surface area contributed by atoms with E-state index >= 15 is 0 Å². The Kier molecular flexibility index (Phi) is 8.00. The van der Waals surface area contributed by atoms with Crippen LogP contribution < -0.4 is 5.32 Å². The molecular formula is C17H39NSi2. The van der Waals surface area contributed by atoms with Gasteiger partial charge in [-0.3, -0.25) is 0 Å². The zero-order valence-corrected chi connectivity index (χ0v) is 17.5. The molecule has 0 aromatic carbocycles. The molecule has 0 radical (unpaired) electrons. The normalized spacial score (nSPS) is 15.2. The molecule has 0 aliphatic rings. The van der Waals surface area contributed by atoms with Gasteiger partial charge in [-0.25, -0.2) is 0 Å². The van der Waals surface area contributed by atoms with Crippen LogP contribution in [0.5, 0.6) is 0 Å².